The Labute approximate surface area is 181 Å². The van der Waals surface area contributed by atoms with Crippen LogP contribution in [0.4, 0.5) is 0 Å². The lowest BCUT2D eigenvalue weighted by Gasteiger charge is -2.17. The van der Waals surface area contributed by atoms with Crippen LogP contribution in [-0.2, 0) is 11.6 Å². The predicted molar refractivity (Wildman–Crippen MR) is 112 cm³/mol. The number of amides is 1. The first-order valence-electron chi connectivity index (χ1n) is 8.93. The topological polar surface area (TPSA) is 160 Å². The van der Waals surface area contributed by atoms with Crippen LogP contribution in [0.5, 0.6) is 0 Å². The van der Waals surface area contributed by atoms with E-state index in [0.717, 1.165) is 4.68 Å². The van der Waals surface area contributed by atoms with Crippen molar-refractivity contribution in [3.8, 4) is 16.9 Å². The molecule has 164 valence electrons. The first kappa shape index (κ1) is 22.9. The number of benzene rings is 1. The van der Waals surface area contributed by atoms with Crippen LogP contribution >= 0.6 is 19.2 Å². The van der Waals surface area contributed by atoms with Crippen LogP contribution in [0.15, 0.2) is 47.5 Å². The zero-order valence-electron chi connectivity index (χ0n) is 16.2. The normalized spacial score (nSPS) is 12.5. The number of halogens is 1. The molecule has 0 aliphatic heterocycles. The number of nitrogens with zero attached hydrogens (tertiary/aromatic N) is 4. The Balaban J connectivity index is 2.09. The Morgan fingerprint density at radius 1 is 1.29 bits per heavy atom. The molecule has 2 heterocycles. The van der Waals surface area contributed by atoms with E-state index >= 15 is 0 Å². The van der Waals surface area contributed by atoms with Crippen molar-refractivity contribution in [2.24, 2.45) is 7.05 Å². The highest BCUT2D eigenvalue weighted by Gasteiger charge is 2.25. The summed E-state index contributed by atoms with van der Waals surface area (Å²) in [5, 5.41) is 20.5. The van der Waals surface area contributed by atoms with Crippen molar-refractivity contribution in [3.63, 3.8) is 0 Å². The molecular weight excluding hydrogens is 449 g/mol. The summed E-state index contributed by atoms with van der Waals surface area (Å²) in [6.07, 6.45) is 2.15. The third-order valence-corrected chi connectivity index (χ3v) is 5.41. The number of hydrogen-bond acceptors (Lipinski definition) is 6. The van der Waals surface area contributed by atoms with Gasteiger partial charge < -0.3 is 20.2 Å². The fourth-order valence-corrected chi connectivity index (χ4v) is 3.72. The molecule has 0 saturated carbocycles. The van der Waals surface area contributed by atoms with Gasteiger partial charge in [0.1, 0.15) is 11.3 Å². The standard InChI is InChI=1S/C18H19ClN5O6P/c1-23-8-14(7-20-23)24-18(27)15(17(26)21-13(9-25)10-31(28,29)30)6-16(22-24)11-2-4-12(19)5-3-11/h2-8,13,25H,9-10H2,1H3,(H,21,26)(H2,28,29,30). The molecule has 1 amide bonds. The summed E-state index contributed by atoms with van der Waals surface area (Å²) in [6.45, 7) is -0.719. The van der Waals surface area contributed by atoms with E-state index in [1.165, 1.54) is 23.1 Å². The predicted octanol–water partition coefficient (Wildman–Crippen LogP) is 0.555. The Bertz CT molecular complexity index is 1200. The minimum atomic E-state index is -4.51. The lowest BCUT2D eigenvalue weighted by Crippen LogP contribution is -2.43. The maximum atomic E-state index is 13.0. The molecule has 0 radical (unpaired) electrons. The molecule has 0 fully saturated rings. The van der Waals surface area contributed by atoms with Crippen LogP contribution in [-0.4, -0.2) is 59.2 Å². The average Bonchev–Trinajstić information content (AvgIpc) is 3.13. The minimum Gasteiger partial charge on any atom is -0.394 e. The van der Waals surface area contributed by atoms with Crippen molar-refractivity contribution in [2.75, 3.05) is 12.8 Å². The summed E-state index contributed by atoms with van der Waals surface area (Å²) < 4.78 is 13.7. The van der Waals surface area contributed by atoms with Crippen LogP contribution < -0.4 is 10.9 Å². The number of carbonyl (C=O) groups is 1. The van der Waals surface area contributed by atoms with Gasteiger partial charge in [-0.1, -0.05) is 23.7 Å². The molecule has 2 aromatic heterocycles. The van der Waals surface area contributed by atoms with Crippen molar-refractivity contribution in [2.45, 2.75) is 6.04 Å². The third kappa shape index (κ3) is 5.66. The monoisotopic (exact) mass is 467 g/mol. The Morgan fingerprint density at radius 3 is 2.52 bits per heavy atom. The van der Waals surface area contributed by atoms with Gasteiger partial charge in [0.15, 0.2) is 0 Å². The van der Waals surface area contributed by atoms with Crippen molar-refractivity contribution < 1.29 is 24.3 Å². The molecule has 1 aromatic carbocycles. The fraction of sp³-hybridized carbons (Fsp3) is 0.222. The van der Waals surface area contributed by atoms with Gasteiger partial charge in [0.25, 0.3) is 11.5 Å². The summed E-state index contributed by atoms with van der Waals surface area (Å²) in [6, 6.07) is 6.59. The highest BCUT2D eigenvalue weighted by atomic mass is 35.5. The van der Waals surface area contributed by atoms with Gasteiger partial charge in [-0.2, -0.15) is 14.9 Å². The van der Waals surface area contributed by atoms with Gasteiger partial charge in [-0.05, 0) is 18.2 Å². The second-order valence-electron chi connectivity index (χ2n) is 6.74. The quantitative estimate of drug-likeness (QED) is 0.366. The van der Waals surface area contributed by atoms with Crippen LogP contribution in [0.1, 0.15) is 10.4 Å². The minimum absolute atomic E-state index is 0.279. The van der Waals surface area contributed by atoms with Gasteiger partial charge >= 0.3 is 7.60 Å². The number of aliphatic hydroxyl groups excluding tert-OH is 1. The highest BCUT2D eigenvalue weighted by molar-refractivity contribution is 7.51. The molecule has 1 atom stereocenters. The summed E-state index contributed by atoms with van der Waals surface area (Å²) >= 11 is 5.92. The summed E-state index contributed by atoms with van der Waals surface area (Å²) in [5.74, 6) is -0.909. The van der Waals surface area contributed by atoms with Gasteiger partial charge in [-0.25, -0.2) is 0 Å². The second-order valence-corrected chi connectivity index (χ2v) is 8.87. The van der Waals surface area contributed by atoms with E-state index in [1.54, 1.807) is 31.3 Å². The largest absolute Gasteiger partial charge is 0.394 e. The maximum absolute atomic E-state index is 13.0. The molecular formula is C18H19ClN5O6P. The number of rotatable bonds is 7. The van der Waals surface area contributed by atoms with Crippen LogP contribution in [0.2, 0.25) is 5.02 Å². The van der Waals surface area contributed by atoms with Crippen molar-refractivity contribution in [1.29, 1.82) is 0 Å². The summed E-state index contributed by atoms with van der Waals surface area (Å²) in [7, 11) is -2.86. The summed E-state index contributed by atoms with van der Waals surface area (Å²) in [5.41, 5.74) is 0.0705. The van der Waals surface area contributed by atoms with Gasteiger partial charge in [0.05, 0.1) is 36.9 Å². The lowest BCUT2D eigenvalue weighted by atomic mass is 10.1. The van der Waals surface area contributed by atoms with Gasteiger partial charge in [0.2, 0.25) is 0 Å². The number of hydrogen-bond donors (Lipinski definition) is 4. The maximum Gasteiger partial charge on any atom is 0.327 e. The molecule has 0 saturated heterocycles. The summed E-state index contributed by atoms with van der Waals surface area (Å²) in [4.78, 5) is 44.0. The van der Waals surface area contributed by atoms with Crippen molar-refractivity contribution in [3.05, 3.63) is 63.7 Å². The molecule has 11 nitrogen and oxygen atoms in total. The molecule has 0 aliphatic carbocycles. The first-order valence-corrected chi connectivity index (χ1v) is 11.1. The van der Waals surface area contributed by atoms with E-state index in [1.807, 2.05) is 0 Å². The van der Waals surface area contributed by atoms with Crippen molar-refractivity contribution >= 4 is 25.1 Å². The van der Waals surface area contributed by atoms with Crippen molar-refractivity contribution in [1.82, 2.24) is 24.9 Å². The molecule has 0 bridgehead atoms. The molecule has 0 spiro atoms. The van der Waals surface area contributed by atoms with E-state index < -0.39 is 37.9 Å². The van der Waals surface area contributed by atoms with E-state index in [0.29, 0.717) is 16.3 Å². The number of aryl methyl sites for hydroxylation is 1. The Kier molecular flexibility index (Phi) is 6.73. The highest BCUT2D eigenvalue weighted by Crippen LogP contribution is 2.34. The molecule has 3 aromatic rings. The van der Waals surface area contributed by atoms with Gasteiger partial charge in [-0.15, -0.1) is 0 Å². The van der Waals surface area contributed by atoms with E-state index in [4.69, 9.17) is 21.4 Å². The third-order valence-electron chi connectivity index (χ3n) is 4.25. The number of nitrogens with one attached hydrogen (secondary N) is 1. The smallest absolute Gasteiger partial charge is 0.327 e. The first-order chi connectivity index (χ1) is 14.6. The molecule has 1 unspecified atom stereocenters. The van der Waals surface area contributed by atoms with E-state index in [2.05, 4.69) is 15.5 Å². The van der Waals surface area contributed by atoms with E-state index in [-0.39, 0.29) is 11.3 Å². The molecule has 4 N–H and O–H groups in total. The Morgan fingerprint density at radius 2 is 1.97 bits per heavy atom. The second kappa shape index (κ2) is 9.13. The average molecular weight is 468 g/mol. The number of aliphatic hydroxyl groups is 1. The molecule has 13 heteroatoms. The van der Waals surface area contributed by atoms with Gasteiger partial charge in [0, 0.05) is 17.6 Å². The molecule has 3 rings (SSSR count). The van der Waals surface area contributed by atoms with Gasteiger partial charge in [-0.3, -0.25) is 18.8 Å². The van der Waals surface area contributed by atoms with Crippen LogP contribution in [0.25, 0.3) is 16.9 Å². The Hall–Kier alpha value is -2.82. The molecule has 31 heavy (non-hydrogen) atoms. The fourth-order valence-electron chi connectivity index (χ4n) is 2.81. The van der Waals surface area contributed by atoms with E-state index in [9.17, 15) is 19.3 Å². The number of aromatic nitrogens is 4. The molecule has 0 aliphatic rings. The number of carbonyl (C=O) groups excluding carboxylic acids is 1. The zero-order valence-corrected chi connectivity index (χ0v) is 17.9. The SMILES string of the molecule is Cn1cc(-n2nc(-c3ccc(Cl)cc3)cc(C(=O)NC(CO)CP(=O)(O)O)c2=O)cn1. The lowest BCUT2D eigenvalue weighted by molar-refractivity contribution is 0.0920. The van der Waals surface area contributed by atoms with Crippen LogP contribution in [0, 0.1) is 0 Å². The zero-order chi connectivity index (χ0) is 22.8. The van der Waals surface area contributed by atoms with Crippen LogP contribution in [0.3, 0.4) is 0 Å².